The minimum Gasteiger partial charge on any atom is -0.361 e. The molecule has 0 saturated heterocycles. The van der Waals surface area contributed by atoms with E-state index >= 15 is 0 Å². The van der Waals surface area contributed by atoms with Gasteiger partial charge in [-0.2, -0.15) is 0 Å². The van der Waals surface area contributed by atoms with E-state index in [2.05, 4.69) is 20.4 Å². The predicted molar refractivity (Wildman–Crippen MR) is 76.8 cm³/mol. The highest BCUT2D eigenvalue weighted by atomic mass is 16.5. The van der Waals surface area contributed by atoms with Crippen molar-refractivity contribution in [3.05, 3.63) is 53.7 Å². The first-order valence-electron chi connectivity index (χ1n) is 6.64. The van der Waals surface area contributed by atoms with Gasteiger partial charge in [0.05, 0.1) is 22.9 Å². The standard InChI is InChI=1S/C15H14N4O2/c1-10-8-11(21-19-10)6-7-16-15(20)14-9-17-12-4-2-3-5-13(12)18-14/h2-5,8-9H,6-7H2,1H3,(H,16,20). The maximum absolute atomic E-state index is 12.0. The Morgan fingerprint density at radius 1 is 1.29 bits per heavy atom. The van der Waals surface area contributed by atoms with Gasteiger partial charge < -0.3 is 9.84 Å². The molecule has 0 unspecified atom stereocenters. The Bertz CT molecular complexity index is 782. The molecule has 6 heteroatoms. The smallest absolute Gasteiger partial charge is 0.271 e. The number of para-hydroxylation sites is 2. The average molecular weight is 282 g/mol. The average Bonchev–Trinajstić information content (AvgIpc) is 2.92. The van der Waals surface area contributed by atoms with Gasteiger partial charge in [-0.25, -0.2) is 4.98 Å². The first-order chi connectivity index (χ1) is 10.2. The number of nitrogens with zero attached hydrogens (tertiary/aromatic N) is 3. The second-order valence-corrected chi connectivity index (χ2v) is 4.68. The lowest BCUT2D eigenvalue weighted by molar-refractivity contribution is 0.0948. The molecular weight excluding hydrogens is 268 g/mol. The molecule has 0 spiro atoms. The third-order valence-corrected chi connectivity index (χ3v) is 3.01. The number of hydrogen-bond acceptors (Lipinski definition) is 5. The van der Waals surface area contributed by atoms with Gasteiger partial charge in [-0.1, -0.05) is 17.3 Å². The predicted octanol–water partition coefficient (Wildman–Crippen LogP) is 1.90. The van der Waals surface area contributed by atoms with E-state index in [1.54, 1.807) is 0 Å². The van der Waals surface area contributed by atoms with Crippen molar-refractivity contribution >= 4 is 16.9 Å². The molecule has 0 fully saturated rings. The van der Waals surface area contributed by atoms with Crippen molar-refractivity contribution in [1.82, 2.24) is 20.4 Å². The number of carbonyl (C=O) groups excluding carboxylic acids is 1. The van der Waals surface area contributed by atoms with Crippen LogP contribution in [0.1, 0.15) is 21.9 Å². The van der Waals surface area contributed by atoms with Crippen LogP contribution in [0.5, 0.6) is 0 Å². The number of amides is 1. The van der Waals surface area contributed by atoms with Crippen LogP contribution in [0.3, 0.4) is 0 Å². The van der Waals surface area contributed by atoms with E-state index in [4.69, 9.17) is 4.52 Å². The molecule has 0 atom stereocenters. The molecule has 0 aliphatic rings. The van der Waals surface area contributed by atoms with Crippen molar-refractivity contribution < 1.29 is 9.32 Å². The van der Waals surface area contributed by atoms with Crippen LogP contribution in [0, 0.1) is 6.92 Å². The van der Waals surface area contributed by atoms with Crippen molar-refractivity contribution in [2.24, 2.45) is 0 Å². The van der Waals surface area contributed by atoms with Gasteiger partial charge in [0.15, 0.2) is 0 Å². The number of hydrogen-bond donors (Lipinski definition) is 1. The molecule has 1 amide bonds. The van der Waals surface area contributed by atoms with E-state index in [1.807, 2.05) is 37.3 Å². The summed E-state index contributed by atoms with van der Waals surface area (Å²) >= 11 is 0. The first-order valence-corrected chi connectivity index (χ1v) is 6.64. The third kappa shape index (κ3) is 3.05. The fourth-order valence-electron chi connectivity index (χ4n) is 1.99. The van der Waals surface area contributed by atoms with Gasteiger partial charge in [0.2, 0.25) is 0 Å². The number of rotatable bonds is 4. The second-order valence-electron chi connectivity index (χ2n) is 4.68. The molecule has 106 valence electrons. The van der Waals surface area contributed by atoms with Crippen LogP contribution in [0.25, 0.3) is 11.0 Å². The molecule has 6 nitrogen and oxygen atoms in total. The summed E-state index contributed by atoms with van der Waals surface area (Å²) in [6, 6.07) is 9.29. The number of aromatic nitrogens is 3. The van der Waals surface area contributed by atoms with E-state index in [-0.39, 0.29) is 5.91 Å². The molecule has 2 aromatic heterocycles. The van der Waals surface area contributed by atoms with Crippen LogP contribution >= 0.6 is 0 Å². The Kier molecular flexibility index (Phi) is 3.59. The van der Waals surface area contributed by atoms with Crippen LogP contribution < -0.4 is 5.32 Å². The van der Waals surface area contributed by atoms with E-state index in [0.29, 0.717) is 24.2 Å². The number of fused-ring (bicyclic) bond motifs is 1. The largest absolute Gasteiger partial charge is 0.361 e. The minimum absolute atomic E-state index is 0.246. The van der Waals surface area contributed by atoms with Gasteiger partial charge in [-0.3, -0.25) is 9.78 Å². The second kappa shape index (κ2) is 5.70. The highest BCUT2D eigenvalue weighted by molar-refractivity contribution is 5.93. The van der Waals surface area contributed by atoms with Gasteiger partial charge >= 0.3 is 0 Å². The van der Waals surface area contributed by atoms with Crippen LogP contribution in [0.2, 0.25) is 0 Å². The van der Waals surface area contributed by atoms with Gasteiger partial charge in [0, 0.05) is 19.0 Å². The van der Waals surface area contributed by atoms with E-state index in [9.17, 15) is 4.79 Å². The van der Waals surface area contributed by atoms with Crippen molar-refractivity contribution in [1.29, 1.82) is 0 Å². The summed E-state index contributed by atoms with van der Waals surface area (Å²) in [5.41, 5.74) is 2.61. The van der Waals surface area contributed by atoms with Crippen molar-refractivity contribution in [3.63, 3.8) is 0 Å². The van der Waals surface area contributed by atoms with Gasteiger partial charge in [-0.15, -0.1) is 0 Å². The minimum atomic E-state index is -0.246. The molecule has 3 rings (SSSR count). The Morgan fingerprint density at radius 2 is 2.10 bits per heavy atom. The summed E-state index contributed by atoms with van der Waals surface area (Å²) in [7, 11) is 0. The summed E-state index contributed by atoms with van der Waals surface area (Å²) in [4.78, 5) is 20.5. The van der Waals surface area contributed by atoms with E-state index < -0.39 is 0 Å². The number of aryl methyl sites for hydroxylation is 1. The Hall–Kier alpha value is -2.76. The number of nitrogens with one attached hydrogen (secondary N) is 1. The van der Waals surface area contributed by atoms with Crippen molar-refractivity contribution in [2.45, 2.75) is 13.3 Å². The molecule has 0 aliphatic carbocycles. The van der Waals surface area contributed by atoms with E-state index in [0.717, 1.165) is 17.0 Å². The van der Waals surface area contributed by atoms with Crippen molar-refractivity contribution in [2.75, 3.05) is 6.54 Å². The zero-order valence-corrected chi connectivity index (χ0v) is 11.5. The summed E-state index contributed by atoms with van der Waals surface area (Å²) in [5.74, 6) is 0.502. The monoisotopic (exact) mass is 282 g/mol. The number of carbonyl (C=O) groups is 1. The summed E-state index contributed by atoms with van der Waals surface area (Å²) in [6.07, 6.45) is 2.07. The molecule has 21 heavy (non-hydrogen) atoms. The fraction of sp³-hybridized carbons (Fsp3) is 0.200. The van der Waals surface area contributed by atoms with Crippen LogP contribution in [0.4, 0.5) is 0 Å². The maximum atomic E-state index is 12.0. The molecule has 3 aromatic rings. The molecular formula is C15H14N4O2. The first kappa shape index (κ1) is 13.2. The molecule has 0 radical (unpaired) electrons. The SMILES string of the molecule is Cc1cc(CCNC(=O)c2cnc3ccccc3n2)on1. The summed E-state index contributed by atoms with van der Waals surface area (Å²) in [5, 5.41) is 6.59. The Morgan fingerprint density at radius 3 is 2.86 bits per heavy atom. The molecule has 0 aliphatic heterocycles. The maximum Gasteiger partial charge on any atom is 0.271 e. The van der Waals surface area contributed by atoms with Gasteiger partial charge in [-0.05, 0) is 19.1 Å². The molecule has 2 heterocycles. The molecule has 1 N–H and O–H groups in total. The highest BCUT2D eigenvalue weighted by Crippen LogP contribution is 2.08. The van der Waals surface area contributed by atoms with Crippen LogP contribution in [0.15, 0.2) is 41.1 Å². The zero-order valence-electron chi connectivity index (χ0n) is 11.5. The quantitative estimate of drug-likeness (QED) is 0.790. The zero-order chi connectivity index (χ0) is 14.7. The Labute approximate surface area is 121 Å². The third-order valence-electron chi connectivity index (χ3n) is 3.01. The molecule has 0 saturated carbocycles. The number of benzene rings is 1. The highest BCUT2D eigenvalue weighted by Gasteiger charge is 2.09. The lowest BCUT2D eigenvalue weighted by Gasteiger charge is -2.04. The molecule has 1 aromatic carbocycles. The van der Waals surface area contributed by atoms with Gasteiger partial charge in [0.1, 0.15) is 11.5 Å². The summed E-state index contributed by atoms with van der Waals surface area (Å²) in [6.45, 7) is 2.32. The van der Waals surface area contributed by atoms with E-state index in [1.165, 1.54) is 6.20 Å². The van der Waals surface area contributed by atoms with Gasteiger partial charge in [0.25, 0.3) is 5.91 Å². The van der Waals surface area contributed by atoms with Crippen molar-refractivity contribution in [3.8, 4) is 0 Å². The fourth-order valence-corrected chi connectivity index (χ4v) is 1.99. The molecule has 0 bridgehead atoms. The normalized spacial score (nSPS) is 10.7. The Balaban J connectivity index is 1.63. The lowest BCUT2D eigenvalue weighted by Crippen LogP contribution is -2.26. The topological polar surface area (TPSA) is 80.9 Å². The lowest BCUT2D eigenvalue weighted by atomic mass is 10.3. The van der Waals surface area contributed by atoms with Crippen LogP contribution in [-0.4, -0.2) is 27.6 Å². The summed E-state index contributed by atoms with van der Waals surface area (Å²) < 4.78 is 5.08. The van der Waals surface area contributed by atoms with Crippen LogP contribution in [-0.2, 0) is 6.42 Å².